The average molecular weight is 230 g/mol. The number of nitrogens with one attached hydrogen (secondary N) is 1. The Labute approximate surface area is 97.1 Å². The van der Waals surface area contributed by atoms with Gasteiger partial charge >= 0.3 is 6.09 Å². The number of amides is 2. The second kappa shape index (κ2) is 5.72. The zero-order valence-electron chi connectivity index (χ0n) is 11.0. The van der Waals surface area contributed by atoms with Gasteiger partial charge in [-0.15, -0.1) is 0 Å². The molecule has 16 heavy (non-hydrogen) atoms. The highest BCUT2D eigenvalue weighted by molar-refractivity contribution is 5.85. The number of hydrogen-bond acceptors (Lipinski definition) is 3. The van der Waals surface area contributed by atoms with Crippen LogP contribution in [0.15, 0.2) is 0 Å². The highest BCUT2D eigenvalue weighted by atomic mass is 16.6. The number of nitrogens with zero attached hydrogens (tertiary/aromatic N) is 1. The number of ether oxygens (including phenoxy) is 1. The molecule has 0 bridgehead atoms. The molecule has 0 spiro atoms. The van der Waals surface area contributed by atoms with E-state index in [9.17, 15) is 9.59 Å². The lowest BCUT2D eigenvalue weighted by Crippen LogP contribution is -2.46. The van der Waals surface area contributed by atoms with E-state index in [0.29, 0.717) is 6.54 Å². The minimum absolute atomic E-state index is 0.131. The highest BCUT2D eigenvalue weighted by Crippen LogP contribution is 2.06. The summed E-state index contributed by atoms with van der Waals surface area (Å²) in [6.07, 6.45) is -0.571. The smallest absolute Gasteiger partial charge is 0.408 e. The summed E-state index contributed by atoms with van der Waals surface area (Å²) in [5, 5.41) is 2.50. The molecular formula is C11H22N2O3. The maximum Gasteiger partial charge on any atom is 0.408 e. The molecular weight excluding hydrogens is 208 g/mol. The van der Waals surface area contributed by atoms with Gasteiger partial charge in [0.05, 0.1) is 0 Å². The van der Waals surface area contributed by atoms with E-state index in [1.54, 1.807) is 39.6 Å². The SMILES string of the molecule is CCN(C)C(=O)[C@@H](C)NC(=O)OC(C)(C)C. The lowest BCUT2D eigenvalue weighted by atomic mass is 10.2. The van der Waals surface area contributed by atoms with Crippen LogP contribution in [-0.2, 0) is 9.53 Å². The molecule has 0 heterocycles. The van der Waals surface area contributed by atoms with Crippen molar-refractivity contribution in [3.63, 3.8) is 0 Å². The van der Waals surface area contributed by atoms with E-state index in [4.69, 9.17) is 4.74 Å². The van der Waals surface area contributed by atoms with Gasteiger partial charge in [-0.3, -0.25) is 4.79 Å². The van der Waals surface area contributed by atoms with Crippen LogP contribution in [0.25, 0.3) is 0 Å². The Morgan fingerprint density at radius 3 is 2.25 bits per heavy atom. The van der Waals surface area contributed by atoms with Crippen molar-refractivity contribution < 1.29 is 14.3 Å². The largest absolute Gasteiger partial charge is 0.444 e. The van der Waals surface area contributed by atoms with Crippen LogP contribution in [0.3, 0.4) is 0 Å². The van der Waals surface area contributed by atoms with Crippen LogP contribution in [0.5, 0.6) is 0 Å². The third kappa shape index (κ3) is 5.58. The second-order valence-electron chi connectivity index (χ2n) is 4.72. The molecule has 0 aliphatic heterocycles. The zero-order valence-corrected chi connectivity index (χ0v) is 11.0. The summed E-state index contributed by atoms with van der Waals surface area (Å²) in [7, 11) is 1.69. The van der Waals surface area contributed by atoms with Gasteiger partial charge in [-0.25, -0.2) is 4.79 Å². The van der Waals surface area contributed by atoms with Crippen LogP contribution in [0.2, 0.25) is 0 Å². The third-order valence-corrected chi connectivity index (χ3v) is 1.95. The number of hydrogen-bond donors (Lipinski definition) is 1. The van der Waals surface area contributed by atoms with Crippen molar-refractivity contribution in [2.24, 2.45) is 0 Å². The molecule has 0 saturated carbocycles. The molecule has 0 radical (unpaired) electrons. The van der Waals surface area contributed by atoms with E-state index >= 15 is 0 Å². The number of likely N-dealkylation sites (N-methyl/N-ethyl adjacent to an activating group) is 1. The molecule has 0 aromatic heterocycles. The summed E-state index contributed by atoms with van der Waals surface area (Å²) in [4.78, 5) is 24.6. The van der Waals surface area contributed by atoms with E-state index in [1.807, 2.05) is 6.92 Å². The molecule has 0 aliphatic rings. The topological polar surface area (TPSA) is 58.6 Å². The first-order chi connectivity index (χ1) is 7.17. The summed E-state index contributed by atoms with van der Waals surface area (Å²) in [6, 6.07) is -0.570. The van der Waals surface area contributed by atoms with Crippen LogP contribution in [0.1, 0.15) is 34.6 Å². The van der Waals surface area contributed by atoms with Crippen LogP contribution < -0.4 is 5.32 Å². The van der Waals surface area contributed by atoms with Gasteiger partial charge in [0.25, 0.3) is 0 Å². The zero-order chi connectivity index (χ0) is 12.9. The molecule has 94 valence electrons. The average Bonchev–Trinajstić information content (AvgIpc) is 2.12. The van der Waals surface area contributed by atoms with Crippen LogP contribution in [-0.4, -0.2) is 42.1 Å². The molecule has 5 nitrogen and oxygen atoms in total. The van der Waals surface area contributed by atoms with E-state index < -0.39 is 17.7 Å². The van der Waals surface area contributed by atoms with Crippen molar-refractivity contribution in [1.29, 1.82) is 0 Å². The first-order valence-corrected chi connectivity index (χ1v) is 5.42. The minimum atomic E-state index is -0.571. The number of carbonyl (C=O) groups excluding carboxylic acids is 2. The molecule has 0 rings (SSSR count). The Hall–Kier alpha value is -1.26. The Morgan fingerprint density at radius 1 is 1.38 bits per heavy atom. The quantitative estimate of drug-likeness (QED) is 0.796. The van der Waals surface area contributed by atoms with Gasteiger partial charge in [0.1, 0.15) is 11.6 Å². The van der Waals surface area contributed by atoms with Crippen molar-refractivity contribution in [2.45, 2.75) is 46.3 Å². The Balaban J connectivity index is 4.20. The lowest BCUT2D eigenvalue weighted by Gasteiger charge is -2.23. The predicted molar refractivity (Wildman–Crippen MR) is 62.1 cm³/mol. The van der Waals surface area contributed by atoms with Crippen molar-refractivity contribution in [1.82, 2.24) is 10.2 Å². The van der Waals surface area contributed by atoms with E-state index in [1.165, 1.54) is 0 Å². The maximum absolute atomic E-state index is 11.6. The number of rotatable bonds is 3. The molecule has 0 aliphatic carbocycles. The maximum atomic E-state index is 11.6. The van der Waals surface area contributed by atoms with Crippen molar-refractivity contribution >= 4 is 12.0 Å². The summed E-state index contributed by atoms with van der Waals surface area (Å²) in [6.45, 7) is 9.45. The summed E-state index contributed by atoms with van der Waals surface area (Å²) >= 11 is 0. The molecule has 5 heteroatoms. The van der Waals surface area contributed by atoms with Gasteiger partial charge in [0.2, 0.25) is 5.91 Å². The standard InChI is InChI=1S/C11H22N2O3/c1-7-13(6)9(14)8(2)12-10(15)16-11(3,4)5/h8H,7H2,1-6H3,(H,12,15)/t8-/m1/s1. The molecule has 0 aromatic carbocycles. The van der Waals surface area contributed by atoms with Gasteiger partial charge in [0.15, 0.2) is 0 Å². The van der Waals surface area contributed by atoms with Gasteiger partial charge < -0.3 is 15.0 Å². The Kier molecular flexibility index (Phi) is 5.27. The number of carbonyl (C=O) groups is 2. The van der Waals surface area contributed by atoms with Crippen LogP contribution >= 0.6 is 0 Å². The fourth-order valence-electron chi connectivity index (χ4n) is 1.03. The molecule has 0 aromatic rings. The van der Waals surface area contributed by atoms with E-state index in [0.717, 1.165) is 0 Å². The van der Waals surface area contributed by atoms with Crippen LogP contribution in [0.4, 0.5) is 4.79 Å². The fourth-order valence-corrected chi connectivity index (χ4v) is 1.03. The highest BCUT2D eigenvalue weighted by Gasteiger charge is 2.22. The minimum Gasteiger partial charge on any atom is -0.444 e. The molecule has 1 atom stereocenters. The normalized spacial score (nSPS) is 12.9. The van der Waals surface area contributed by atoms with Gasteiger partial charge in [0, 0.05) is 13.6 Å². The summed E-state index contributed by atoms with van der Waals surface area (Å²) in [5.41, 5.74) is -0.552. The Bertz CT molecular complexity index is 258. The van der Waals surface area contributed by atoms with Crippen molar-refractivity contribution in [3.8, 4) is 0 Å². The summed E-state index contributed by atoms with van der Waals surface area (Å²) in [5.74, 6) is -0.131. The first-order valence-electron chi connectivity index (χ1n) is 5.42. The Morgan fingerprint density at radius 2 is 1.88 bits per heavy atom. The monoisotopic (exact) mass is 230 g/mol. The van der Waals surface area contributed by atoms with Crippen molar-refractivity contribution in [3.05, 3.63) is 0 Å². The number of alkyl carbamates (subject to hydrolysis) is 1. The first kappa shape index (κ1) is 14.7. The van der Waals surface area contributed by atoms with Gasteiger partial charge in [-0.1, -0.05) is 0 Å². The van der Waals surface area contributed by atoms with E-state index in [2.05, 4.69) is 5.32 Å². The molecule has 0 fully saturated rings. The van der Waals surface area contributed by atoms with Gasteiger partial charge in [-0.05, 0) is 34.6 Å². The third-order valence-electron chi connectivity index (χ3n) is 1.95. The summed E-state index contributed by atoms with van der Waals surface area (Å²) < 4.78 is 5.05. The second-order valence-corrected chi connectivity index (χ2v) is 4.72. The van der Waals surface area contributed by atoms with Crippen LogP contribution in [0, 0.1) is 0 Å². The fraction of sp³-hybridized carbons (Fsp3) is 0.818. The molecule has 0 unspecified atom stereocenters. The van der Waals surface area contributed by atoms with E-state index in [-0.39, 0.29) is 5.91 Å². The molecule has 2 amide bonds. The molecule has 1 N–H and O–H groups in total. The van der Waals surface area contributed by atoms with Gasteiger partial charge in [-0.2, -0.15) is 0 Å². The lowest BCUT2D eigenvalue weighted by molar-refractivity contribution is -0.131. The van der Waals surface area contributed by atoms with Crippen molar-refractivity contribution in [2.75, 3.05) is 13.6 Å². The molecule has 0 saturated heterocycles. The predicted octanol–water partition coefficient (Wildman–Crippen LogP) is 1.38.